The van der Waals surface area contributed by atoms with Crippen molar-refractivity contribution in [2.24, 2.45) is 0 Å². The molecule has 2 amide bonds. The van der Waals surface area contributed by atoms with Crippen LogP contribution in [0.1, 0.15) is 28.8 Å². The van der Waals surface area contributed by atoms with Gasteiger partial charge in [-0.25, -0.2) is 0 Å². The zero-order chi connectivity index (χ0) is 24.5. The predicted octanol–water partition coefficient (Wildman–Crippen LogP) is 3.54. The third kappa shape index (κ3) is 6.73. The number of amides is 2. The van der Waals surface area contributed by atoms with Crippen LogP contribution in [-0.2, 0) is 16.1 Å². The van der Waals surface area contributed by atoms with E-state index in [4.69, 9.17) is 5.11 Å². The quantitative estimate of drug-likeness (QED) is 0.312. The number of benzene rings is 3. The standard InChI is InChI=1S/C25H23N3O6/c29-23(30)15-14-22(25(32)26-16-17-6-12-21(13-7-17)28(33)34)27-24(31)20-10-8-19(9-11-20)18-4-2-1-3-5-18/h1-13,22H,14-16H2,(H,26,32)(H,27,31)(H,29,30)/t22-/m0/s1. The van der Waals surface area contributed by atoms with Crippen molar-refractivity contribution in [1.29, 1.82) is 0 Å². The van der Waals surface area contributed by atoms with Crippen LogP contribution in [0, 0.1) is 10.1 Å². The first kappa shape index (κ1) is 24.1. The maximum absolute atomic E-state index is 12.7. The first-order chi connectivity index (χ1) is 16.3. The highest BCUT2D eigenvalue weighted by atomic mass is 16.6. The van der Waals surface area contributed by atoms with Crippen LogP contribution in [0.3, 0.4) is 0 Å². The first-order valence-corrected chi connectivity index (χ1v) is 10.5. The molecular formula is C25H23N3O6. The summed E-state index contributed by atoms with van der Waals surface area (Å²) >= 11 is 0. The molecule has 3 aromatic rings. The molecule has 0 heterocycles. The Labute approximate surface area is 195 Å². The fourth-order valence-electron chi connectivity index (χ4n) is 3.27. The number of nitrogens with zero attached hydrogens (tertiary/aromatic N) is 1. The molecule has 174 valence electrons. The van der Waals surface area contributed by atoms with E-state index in [1.807, 2.05) is 30.3 Å². The van der Waals surface area contributed by atoms with Crippen molar-refractivity contribution in [2.75, 3.05) is 0 Å². The predicted molar refractivity (Wildman–Crippen MR) is 125 cm³/mol. The number of rotatable bonds is 10. The number of nitrogens with one attached hydrogen (secondary N) is 2. The van der Waals surface area contributed by atoms with Crippen LogP contribution in [0.4, 0.5) is 5.69 Å². The molecule has 9 nitrogen and oxygen atoms in total. The molecule has 0 aromatic heterocycles. The molecule has 3 N–H and O–H groups in total. The topological polar surface area (TPSA) is 139 Å². The third-order valence-electron chi connectivity index (χ3n) is 5.14. The smallest absolute Gasteiger partial charge is 0.303 e. The van der Waals surface area contributed by atoms with Crippen molar-refractivity contribution in [3.05, 3.63) is 100 Å². The van der Waals surface area contributed by atoms with Gasteiger partial charge in [-0.3, -0.25) is 24.5 Å². The summed E-state index contributed by atoms with van der Waals surface area (Å²) in [5.74, 6) is -2.14. The van der Waals surface area contributed by atoms with E-state index in [9.17, 15) is 24.5 Å². The molecule has 34 heavy (non-hydrogen) atoms. The normalized spacial score (nSPS) is 11.3. The maximum atomic E-state index is 12.7. The summed E-state index contributed by atoms with van der Waals surface area (Å²) in [5, 5.41) is 25.0. The summed E-state index contributed by atoms with van der Waals surface area (Å²) in [6, 6.07) is 21.1. The van der Waals surface area contributed by atoms with Gasteiger partial charge in [0.2, 0.25) is 5.91 Å². The van der Waals surface area contributed by atoms with Crippen LogP contribution in [0.15, 0.2) is 78.9 Å². The second-order valence-electron chi connectivity index (χ2n) is 7.54. The van der Waals surface area contributed by atoms with E-state index in [2.05, 4.69) is 10.6 Å². The summed E-state index contributed by atoms with van der Waals surface area (Å²) in [6.45, 7) is 0.0715. The minimum absolute atomic E-state index is 0.0695. The van der Waals surface area contributed by atoms with Gasteiger partial charge in [-0.15, -0.1) is 0 Å². The molecule has 0 aliphatic heterocycles. The molecule has 3 rings (SSSR count). The van der Waals surface area contributed by atoms with Gasteiger partial charge in [-0.1, -0.05) is 54.6 Å². The minimum atomic E-state index is -1.09. The number of carboxylic acid groups (broad SMARTS) is 1. The molecule has 0 radical (unpaired) electrons. The lowest BCUT2D eigenvalue weighted by molar-refractivity contribution is -0.384. The Hall–Kier alpha value is -4.53. The number of nitro groups is 1. The van der Waals surface area contributed by atoms with Crippen molar-refractivity contribution >= 4 is 23.5 Å². The maximum Gasteiger partial charge on any atom is 0.303 e. The molecule has 0 saturated carbocycles. The number of aliphatic carboxylic acids is 1. The number of hydrogen-bond donors (Lipinski definition) is 3. The molecule has 0 spiro atoms. The number of nitro benzene ring substituents is 1. The molecule has 0 aliphatic rings. The van der Waals surface area contributed by atoms with E-state index in [0.29, 0.717) is 11.1 Å². The largest absolute Gasteiger partial charge is 0.481 e. The zero-order valence-corrected chi connectivity index (χ0v) is 18.1. The Morgan fingerprint density at radius 1 is 0.882 bits per heavy atom. The van der Waals surface area contributed by atoms with Crippen LogP contribution in [0.25, 0.3) is 11.1 Å². The van der Waals surface area contributed by atoms with Gasteiger partial charge >= 0.3 is 5.97 Å². The summed E-state index contributed by atoms with van der Waals surface area (Å²) in [6.07, 6.45) is -0.391. The second kappa shape index (κ2) is 11.4. The number of non-ortho nitro benzene ring substituents is 1. The van der Waals surface area contributed by atoms with Crippen LogP contribution in [0.5, 0.6) is 0 Å². The van der Waals surface area contributed by atoms with E-state index >= 15 is 0 Å². The number of carbonyl (C=O) groups excluding carboxylic acids is 2. The minimum Gasteiger partial charge on any atom is -0.481 e. The lowest BCUT2D eigenvalue weighted by atomic mass is 10.0. The van der Waals surface area contributed by atoms with Crippen molar-refractivity contribution in [3.63, 3.8) is 0 Å². The number of carbonyl (C=O) groups is 3. The van der Waals surface area contributed by atoms with Crippen molar-refractivity contribution < 1.29 is 24.4 Å². The molecule has 0 fully saturated rings. The molecule has 0 bridgehead atoms. The zero-order valence-electron chi connectivity index (χ0n) is 18.1. The van der Waals surface area contributed by atoms with Crippen molar-refractivity contribution in [1.82, 2.24) is 10.6 Å². The Bertz CT molecular complexity index is 1160. The highest BCUT2D eigenvalue weighted by Crippen LogP contribution is 2.19. The molecule has 0 aliphatic carbocycles. The van der Waals surface area contributed by atoms with Gasteiger partial charge in [-0.2, -0.15) is 0 Å². The van der Waals surface area contributed by atoms with Crippen LogP contribution >= 0.6 is 0 Å². The SMILES string of the molecule is O=C(O)CC[C@H](NC(=O)c1ccc(-c2ccccc2)cc1)C(=O)NCc1ccc([N+](=O)[O-])cc1. The number of carboxylic acids is 1. The van der Waals surface area contributed by atoms with E-state index in [0.717, 1.165) is 11.1 Å². The highest BCUT2D eigenvalue weighted by Gasteiger charge is 2.22. The van der Waals surface area contributed by atoms with Crippen LogP contribution in [0.2, 0.25) is 0 Å². The van der Waals surface area contributed by atoms with E-state index in [-0.39, 0.29) is 25.1 Å². The van der Waals surface area contributed by atoms with Gasteiger partial charge in [0, 0.05) is 30.7 Å². The fourth-order valence-corrected chi connectivity index (χ4v) is 3.27. The van der Waals surface area contributed by atoms with Gasteiger partial charge < -0.3 is 15.7 Å². The molecule has 3 aromatic carbocycles. The Kier molecular flexibility index (Phi) is 8.07. The molecule has 1 atom stereocenters. The molecule has 0 saturated heterocycles. The van der Waals surface area contributed by atoms with Crippen molar-refractivity contribution in [2.45, 2.75) is 25.4 Å². The fraction of sp³-hybridized carbons (Fsp3) is 0.160. The first-order valence-electron chi connectivity index (χ1n) is 10.5. The van der Waals surface area contributed by atoms with Gasteiger partial charge in [0.25, 0.3) is 11.6 Å². The average Bonchev–Trinajstić information content (AvgIpc) is 2.85. The molecular weight excluding hydrogens is 438 g/mol. The third-order valence-corrected chi connectivity index (χ3v) is 5.14. The molecule has 9 heteroatoms. The van der Waals surface area contributed by atoms with Gasteiger partial charge in [0.05, 0.1) is 4.92 Å². The second-order valence-corrected chi connectivity index (χ2v) is 7.54. The van der Waals surface area contributed by atoms with Gasteiger partial charge in [-0.05, 0) is 35.2 Å². The summed E-state index contributed by atoms with van der Waals surface area (Å²) in [7, 11) is 0. The van der Waals surface area contributed by atoms with E-state index in [1.54, 1.807) is 24.3 Å². The van der Waals surface area contributed by atoms with E-state index < -0.39 is 28.7 Å². The summed E-state index contributed by atoms with van der Waals surface area (Å²) in [5.41, 5.74) is 2.82. The van der Waals surface area contributed by atoms with E-state index in [1.165, 1.54) is 24.3 Å². The average molecular weight is 461 g/mol. The van der Waals surface area contributed by atoms with Crippen LogP contribution < -0.4 is 10.6 Å². The Morgan fingerprint density at radius 3 is 2.09 bits per heavy atom. The highest BCUT2D eigenvalue weighted by molar-refractivity contribution is 5.98. The number of hydrogen-bond acceptors (Lipinski definition) is 5. The molecule has 0 unspecified atom stereocenters. The Morgan fingerprint density at radius 2 is 1.50 bits per heavy atom. The lowest BCUT2D eigenvalue weighted by Gasteiger charge is -2.18. The van der Waals surface area contributed by atoms with Crippen LogP contribution in [-0.4, -0.2) is 33.9 Å². The summed E-state index contributed by atoms with van der Waals surface area (Å²) < 4.78 is 0. The monoisotopic (exact) mass is 461 g/mol. The Balaban J connectivity index is 1.64. The van der Waals surface area contributed by atoms with Gasteiger partial charge in [0.1, 0.15) is 6.04 Å². The van der Waals surface area contributed by atoms with Crippen molar-refractivity contribution in [3.8, 4) is 11.1 Å². The van der Waals surface area contributed by atoms with Gasteiger partial charge in [0.15, 0.2) is 0 Å². The summed E-state index contributed by atoms with van der Waals surface area (Å²) in [4.78, 5) is 46.7. The lowest BCUT2D eigenvalue weighted by Crippen LogP contribution is -2.46.